The van der Waals surface area contributed by atoms with Crippen molar-refractivity contribution >= 4 is 11.7 Å². The SMILES string of the molecule is Cc1cc(=O)n2[nH]c(CNC(=O)C3CC34CCC(F)(F)CC4)nc2n1. The van der Waals surface area contributed by atoms with E-state index < -0.39 is 5.92 Å². The average molecular weight is 351 g/mol. The van der Waals surface area contributed by atoms with Crippen molar-refractivity contribution in [1.29, 1.82) is 0 Å². The number of H-pyrrole nitrogens is 1. The predicted molar refractivity (Wildman–Crippen MR) is 84.1 cm³/mol. The summed E-state index contributed by atoms with van der Waals surface area (Å²) in [6, 6.07) is 1.39. The first kappa shape index (κ1) is 16.2. The Bertz CT molecular complexity index is 894. The Morgan fingerprint density at radius 3 is 2.80 bits per heavy atom. The van der Waals surface area contributed by atoms with Crippen LogP contribution >= 0.6 is 0 Å². The quantitative estimate of drug-likeness (QED) is 0.878. The molecular formula is C16H19F2N5O2. The lowest BCUT2D eigenvalue weighted by Gasteiger charge is -2.28. The molecular weight excluding hydrogens is 332 g/mol. The van der Waals surface area contributed by atoms with Gasteiger partial charge in [0.15, 0.2) is 0 Å². The Morgan fingerprint density at radius 2 is 2.08 bits per heavy atom. The summed E-state index contributed by atoms with van der Waals surface area (Å²) in [5.74, 6) is -2.24. The fraction of sp³-hybridized carbons (Fsp3) is 0.625. The summed E-state index contributed by atoms with van der Waals surface area (Å²) in [6.45, 7) is 1.85. The molecule has 134 valence electrons. The van der Waals surface area contributed by atoms with Gasteiger partial charge < -0.3 is 5.32 Å². The Balaban J connectivity index is 1.39. The molecule has 2 aromatic rings. The largest absolute Gasteiger partial charge is 0.349 e. The number of carbonyl (C=O) groups excluding carboxylic acids is 1. The minimum Gasteiger partial charge on any atom is -0.349 e. The van der Waals surface area contributed by atoms with E-state index >= 15 is 0 Å². The van der Waals surface area contributed by atoms with Gasteiger partial charge in [0.2, 0.25) is 11.8 Å². The van der Waals surface area contributed by atoms with Gasteiger partial charge in [-0.1, -0.05) is 0 Å². The van der Waals surface area contributed by atoms with Crippen LogP contribution < -0.4 is 10.9 Å². The van der Waals surface area contributed by atoms with Crippen molar-refractivity contribution < 1.29 is 13.6 Å². The lowest BCUT2D eigenvalue weighted by Crippen LogP contribution is -2.31. The second-order valence-corrected chi connectivity index (χ2v) is 7.23. The van der Waals surface area contributed by atoms with Crippen molar-refractivity contribution in [2.75, 3.05) is 0 Å². The summed E-state index contributed by atoms with van der Waals surface area (Å²) in [7, 11) is 0. The maximum atomic E-state index is 13.3. The van der Waals surface area contributed by atoms with Gasteiger partial charge in [-0.15, -0.1) is 0 Å². The topological polar surface area (TPSA) is 92.2 Å². The van der Waals surface area contributed by atoms with Gasteiger partial charge in [-0.3, -0.25) is 14.7 Å². The normalized spacial score (nSPS) is 23.7. The fourth-order valence-corrected chi connectivity index (χ4v) is 3.79. The number of halogens is 2. The number of nitrogens with one attached hydrogen (secondary N) is 2. The van der Waals surface area contributed by atoms with Gasteiger partial charge >= 0.3 is 0 Å². The van der Waals surface area contributed by atoms with Crippen LogP contribution in [0.25, 0.3) is 5.78 Å². The molecule has 1 spiro atoms. The fourth-order valence-electron chi connectivity index (χ4n) is 3.79. The van der Waals surface area contributed by atoms with Crippen molar-refractivity contribution in [3.8, 4) is 0 Å². The smallest absolute Gasteiger partial charge is 0.274 e. The van der Waals surface area contributed by atoms with Gasteiger partial charge in [-0.2, -0.15) is 9.50 Å². The Kier molecular flexibility index (Phi) is 3.45. The highest BCUT2D eigenvalue weighted by atomic mass is 19.3. The molecule has 0 bridgehead atoms. The molecule has 0 radical (unpaired) electrons. The van der Waals surface area contributed by atoms with Crippen molar-refractivity contribution in [3.05, 3.63) is 27.9 Å². The molecule has 2 saturated carbocycles. The number of aromatic nitrogens is 4. The van der Waals surface area contributed by atoms with Gasteiger partial charge in [0.25, 0.3) is 11.3 Å². The number of aryl methyl sites for hydroxylation is 1. The van der Waals surface area contributed by atoms with Crippen LogP contribution in [0.15, 0.2) is 10.9 Å². The Labute approximate surface area is 141 Å². The van der Waals surface area contributed by atoms with E-state index in [9.17, 15) is 18.4 Å². The molecule has 1 atom stereocenters. The van der Waals surface area contributed by atoms with Crippen LogP contribution in [0.4, 0.5) is 8.78 Å². The molecule has 0 aromatic carbocycles. The molecule has 2 N–H and O–H groups in total. The predicted octanol–water partition coefficient (Wildman–Crippen LogP) is 1.56. The van der Waals surface area contributed by atoms with Crippen LogP contribution in [0.2, 0.25) is 0 Å². The van der Waals surface area contributed by atoms with E-state index in [1.54, 1.807) is 6.92 Å². The number of rotatable bonds is 3. The number of aromatic amines is 1. The molecule has 0 aliphatic heterocycles. The van der Waals surface area contributed by atoms with Crippen LogP contribution in [-0.4, -0.2) is 31.4 Å². The molecule has 1 amide bonds. The van der Waals surface area contributed by atoms with E-state index in [4.69, 9.17) is 0 Å². The maximum absolute atomic E-state index is 13.3. The van der Waals surface area contributed by atoms with Crippen LogP contribution in [0.3, 0.4) is 0 Å². The Hall–Kier alpha value is -2.32. The monoisotopic (exact) mass is 351 g/mol. The molecule has 2 aromatic heterocycles. The molecule has 2 heterocycles. The lowest BCUT2D eigenvalue weighted by atomic mass is 9.82. The van der Waals surface area contributed by atoms with Crippen LogP contribution in [0.5, 0.6) is 0 Å². The average Bonchev–Trinajstić information content (AvgIpc) is 3.10. The maximum Gasteiger partial charge on any atom is 0.274 e. The molecule has 25 heavy (non-hydrogen) atoms. The second kappa shape index (κ2) is 5.34. The second-order valence-electron chi connectivity index (χ2n) is 7.23. The number of fused-ring (bicyclic) bond motifs is 1. The number of nitrogens with zero attached hydrogens (tertiary/aromatic N) is 3. The van der Waals surface area contributed by atoms with E-state index in [1.165, 1.54) is 10.6 Å². The summed E-state index contributed by atoms with van der Waals surface area (Å²) in [4.78, 5) is 32.5. The zero-order chi connectivity index (χ0) is 17.8. The summed E-state index contributed by atoms with van der Waals surface area (Å²) < 4.78 is 27.8. The summed E-state index contributed by atoms with van der Waals surface area (Å²) in [5, 5.41) is 5.59. The highest BCUT2D eigenvalue weighted by molar-refractivity contribution is 5.82. The van der Waals surface area contributed by atoms with E-state index in [1.807, 2.05) is 0 Å². The van der Waals surface area contributed by atoms with Crippen LogP contribution in [0.1, 0.15) is 43.6 Å². The third kappa shape index (κ3) is 2.91. The van der Waals surface area contributed by atoms with Crippen molar-refractivity contribution in [2.24, 2.45) is 11.3 Å². The lowest BCUT2D eigenvalue weighted by molar-refractivity contribution is -0.124. The van der Waals surface area contributed by atoms with Gasteiger partial charge in [0, 0.05) is 30.5 Å². The Morgan fingerprint density at radius 1 is 1.36 bits per heavy atom. The van der Waals surface area contributed by atoms with Gasteiger partial charge in [0.1, 0.15) is 5.82 Å². The number of hydrogen-bond acceptors (Lipinski definition) is 4. The molecule has 0 saturated heterocycles. The minimum absolute atomic E-state index is 0.131. The summed E-state index contributed by atoms with van der Waals surface area (Å²) in [6.07, 6.45) is 1.22. The van der Waals surface area contributed by atoms with Crippen molar-refractivity contribution in [3.63, 3.8) is 0 Å². The molecule has 2 aliphatic carbocycles. The number of amides is 1. The van der Waals surface area contributed by atoms with E-state index in [0.717, 1.165) is 0 Å². The third-order valence-electron chi connectivity index (χ3n) is 5.42. The van der Waals surface area contributed by atoms with E-state index in [2.05, 4.69) is 20.4 Å². The molecule has 7 nitrogen and oxygen atoms in total. The molecule has 2 aliphatic rings. The number of carbonyl (C=O) groups is 1. The third-order valence-corrected chi connectivity index (χ3v) is 5.42. The van der Waals surface area contributed by atoms with Crippen LogP contribution in [-0.2, 0) is 11.3 Å². The standard InChI is InChI=1S/C16H19F2N5O2/c1-9-6-12(24)23-14(20-9)21-11(22-23)8-19-13(25)10-7-15(10)2-4-16(17,18)5-3-15/h6,10H,2-5,7-8H2,1H3,(H,19,25)(H,20,21,22). The van der Waals surface area contributed by atoms with Gasteiger partial charge in [-0.25, -0.2) is 13.8 Å². The van der Waals surface area contributed by atoms with Crippen LogP contribution in [0, 0.1) is 18.3 Å². The molecule has 9 heteroatoms. The summed E-state index contributed by atoms with van der Waals surface area (Å²) in [5.41, 5.74) is 0.0628. The highest BCUT2D eigenvalue weighted by Gasteiger charge is 2.60. The van der Waals surface area contributed by atoms with Gasteiger partial charge in [0.05, 0.1) is 6.54 Å². The summed E-state index contributed by atoms with van der Waals surface area (Å²) >= 11 is 0. The molecule has 2 fully saturated rings. The first-order chi connectivity index (χ1) is 11.8. The van der Waals surface area contributed by atoms with Crippen molar-refractivity contribution in [2.45, 2.75) is 51.5 Å². The zero-order valence-electron chi connectivity index (χ0n) is 13.8. The number of alkyl halides is 2. The first-order valence-electron chi connectivity index (χ1n) is 8.39. The van der Waals surface area contributed by atoms with E-state index in [-0.39, 0.29) is 48.0 Å². The zero-order valence-corrected chi connectivity index (χ0v) is 13.8. The molecule has 1 unspecified atom stereocenters. The van der Waals surface area contributed by atoms with E-state index in [0.29, 0.717) is 30.8 Å². The minimum atomic E-state index is -2.58. The molecule has 4 rings (SSSR count). The number of hydrogen-bond donors (Lipinski definition) is 2. The first-order valence-corrected chi connectivity index (χ1v) is 8.39. The highest BCUT2D eigenvalue weighted by Crippen LogP contribution is 2.63. The van der Waals surface area contributed by atoms with Crippen molar-refractivity contribution in [1.82, 2.24) is 24.9 Å². The van der Waals surface area contributed by atoms with Gasteiger partial charge in [-0.05, 0) is 31.6 Å².